The van der Waals surface area contributed by atoms with Gasteiger partial charge in [-0.05, 0) is 30.3 Å². The number of para-hydroxylation sites is 1. The molecule has 3 heterocycles. The van der Waals surface area contributed by atoms with Gasteiger partial charge in [-0.1, -0.05) is 24.3 Å². The average molecular weight is 358 g/mol. The summed E-state index contributed by atoms with van der Waals surface area (Å²) >= 11 is 0. The highest BCUT2D eigenvalue weighted by Gasteiger charge is 2.14. The molecule has 3 aromatic heterocycles. The van der Waals surface area contributed by atoms with Crippen molar-refractivity contribution in [2.75, 3.05) is 12.4 Å². The van der Waals surface area contributed by atoms with E-state index in [-0.39, 0.29) is 0 Å². The van der Waals surface area contributed by atoms with E-state index in [9.17, 15) is 0 Å². The van der Waals surface area contributed by atoms with E-state index in [1.165, 1.54) is 0 Å². The molecule has 0 saturated carbocycles. The van der Waals surface area contributed by atoms with E-state index in [2.05, 4.69) is 20.3 Å². The molecule has 4 aromatic rings. The number of ether oxygens (including phenoxy) is 1. The third-order valence-corrected chi connectivity index (χ3v) is 4.11. The Bertz CT molecular complexity index is 1020. The van der Waals surface area contributed by atoms with E-state index in [0.717, 1.165) is 22.6 Å². The SMILES string of the molecule is COc1ccccc1CNc1ncc(-c2ccccn2)c(-c2ccco2)n1. The van der Waals surface area contributed by atoms with Crippen LogP contribution in [0.1, 0.15) is 5.56 Å². The first-order valence-corrected chi connectivity index (χ1v) is 8.53. The lowest BCUT2D eigenvalue weighted by molar-refractivity contribution is 0.410. The minimum Gasteiger partial charge on any atom is -0.496 e. The van der Waals surface area contributed by atoms with Crippen molar-refractivity contribution in [3.63, 3.8) is 0 Å². The van der Waals surface area contributed by atoms with Crippen LogP contribution >= 0.6 is 0 Å². The highest BCUT2D eigenvalue weighted by molar-refractivity contribution is 5.76. The summed E-state index contributed by atoms with van der Waals surface area (Å²) in [5.74, 6) is 1.99. The van der Waals surface area contributed by atoms with Gasteiger partial charge in [-0.2, -0.15) is 0 Å². The van der Waals surface area contributed by atoms with Crippen molar-refractivity contribution in [1.29, 1.82) is 0 Å². The van der Waals surface area contributed by atoms with Gasteiger partial charge in [0.1, 0.15) is 11.4 Å². The molecule has 0 atom stereocenters. The Morgan fingerprint density at radius 2 is 1.89 bits per heavy atom. The molecule has 134 valence electrons. The van der Waals surface area contributed by atoms with Crippen LogP contribution in [-0.2, 0) is 6.54 Å². The number of pyridine rings is 1. The number of anilines is 1. The van der Waals surface area contributed by atoms with Gasteiger partial charge in [0.15, 0.2) is 5.76 Å². The highest BCUT2D eigenvalue weighted by Crippen LogP contribution is 2.30. The fraction of sp³-hybridized carbons (Fsp3) is 0.0952. The molecular weight excluding hydrogens is 340 g/mol. The number of nitrogens with zero attached hydrogens (tertiary/aromatic N) is 3. The fourth-order valence-electron chi connectivity index (χ4n) is 2.80. The first-order valence-electron chi connectivity index (χ1n) is 8.53. The molecule has 27 heavy (non-hydrogen) atoms. The number of nitrogens with one attached hydrogen (secondary N) is 1. The molecular formula is C21H18N4O2. The maximum atomic E-state index is 5.57. The van der Waals surface area contributed by atoms with Crippen molar-refractivity contribution in [1.82, 2.24) is 15.0 Å². The zero-order valence-corrected chi connectivity index (χ0v) is 14.8. The summed E-state index contributed by atoms with van der Waals surface area (Å²) in [6.07, 6.45) is 5.13. The number of furan rings is 1. The summed E-state index contributed by atoms with van der Waals surface area (Å²) in [7, 11) is 1.66. The third-order valence-electron chi connectivity index (χ3n) is 4.11. The Kier molecular flexibility index (Phi) is 4.78. The number of methoxy groups -OCH3 is 1. The first-order chi connectivity index (χ1) is 13.3. The minimum atomic E-state index is 0.506. The molecule has 0 unspecified atom stereocenters. The van der Waals surface area contributed by atoms with Crippen molar-refractivity contribution in [3.05, 3.63) is 78.8 Å². The van der Waals surface area contributed by atoms with E-state index >= 15 is 0 Å². The van der Waals surface area contributed by atoms with Gasteiger partial charge in [0, 0.05) is 30.1 Å². The Balaban J connectivity index is 1.66. The molecule has 0 amide bonds. The molecule has 0 spiro atoms. The van der Waals surface area contributed by atoms with Crippen LogP contribution in [0.2, 0.25) is 0 Å². The molecule has 0 aliphatic rings. The molecule has 0 radical (unpaired) electrons. The van der Waals surface area contributed by atoms with Crippen molar-refractivity contribution < 1.29 is 9.15 Å². The summed E-state index contributed by atoms with van der Waals surface area (Å²) < 4.78 is 11.0. The molecule has 0 aliphatic carbocycles. The third kappa shape index (κ3) is 3.64. The predicted octanol–water partition coefficient (Wildman–Crippen LogP) is 4.42. The summed E-state index contributed by atoms with van der Waals surface area (Å²) in [6, 6.07) is 17.3. The van der Waals surface area contributed by atoms with Crippen LogP contribution < -0.4 is 10.1 Å². The Labute approximate surface area is 156 Å². The minimum absolute atomic E-state index is 0.506. The van der Waals surface area contributed by atoms with Crippen molar-refractivity contribution in [3.8, 4) is 28.5 Å². The van der Waals surface area contributed by atoms with Gasteiger partial charge in [-0.25, -0.2) is 9.97 Å². The Morgan fingerprint density at radius 3 is 2.67 bits per heavy atom. The van der Waals surface area contributed by atoms with Gasteiger partial charge in [0.2, 0.25) is 5.95 Å². The summed E-state index contributed by atoms with van der Waals surface area (Å²) in [5.41, 5.74) is 3.32. The normalized spacial score (nSPS) is 10.6. The lowest BCUT2D eigenvalue weighted by Crippen LogP contribution is -2.06. The molecule has 1 aromatic carbocycles. The van der Waals surface area contributed by atoms with Crippen molar-refractivity contribution >= 4 is 5.95 Å². The van der Waals surface area contributed by atoms with Crippen molar-refractivity contribution in [2.24, 2.45) is 0 Å². The van der Waals surface area contributed by atoms with Gasteiger partial charge in [-0.15, -0.1) is 0 Å². The number of rotatable bonds is 6. The topological polar surface area (TPSA) is 73.1 Å². The van der Waals surface area contributed by atoms with Gasteiger partial charge < -0.3 is 14.5 Å². The first kappa shape index (κ1) is 16.8. The van der Waals surface area contributed by atoms with E-state index in [1.54, 1.807) is 25.8 Å². The summed E-state index contributed by atoms with van der Waals surface area (Å²) in [4.78, 5) is 13.5. The number of hydrogen-bond donors (Lipinski definition) is 1. The maximum absolute atomic E-state index is 5.57. The average Bonchev–Trinajstić information content (AvgIpc) is 3.28. The van der Waals surface area contributed by atoms with Crippen LogP contribution in [-0.4, -0.2) is 22.1 Å². The highest BCUT2D eigenvalue weighted by atomic mass is 16.5. The molecule has 6 nitrogen and oxygen atoms in total. The second kappa shape index (κ2) is 7.70. The Morgan fingerprint density at radius 1 is 1.00 bits per heavy atom. The molecule has 0 aliphatic heterocycles. The predicted molar refractivity (Wildman–Crippen MR) is 103 cm³/mol. The van der Waals surface area contributed by atoms with E-state index in [4.69, 9.17) is 9.15 Å². The number of benzene rings is 1. The van der Waals surface area contributed by atoms with Gasteiger partial charge in [0.25, 0.3) is 0 Å². The monoisotopic (exact) mass is 358 g/mol. The number of aromatic nitrogens is 3. The lowest BCUT2D eigenvalue weighted by atomic mass is 10.1. The fourth-order valence-corrected chi connectivity index (χ4v) is 2.80. The molecule has 6 heteroatoms. The van der Waals surface area contributed by atoms with Crippen LogP contribution in [0.4, 0.5) is 5.95 Å². The van der Waals surface area contributed by atoms with E-state index in [1.807, 2.05) is 54.6 Å². The zero-order valence-electron chi connectivity index (χ0n) is 14.8. The second-order valence-electron chi connectivity index (χ2n) is 5.81. The van der Waals surface area contributed by atoms with Crippen molar-refractivity contribution in [2.45, 2.75) is 6.54 Å². The molecule has 1 N–H and O–H groups in total. The van der Waals surface area contributed by atoms with E-state index in [0.29, 0.717) is 23.9 Å². The maximum Gasteiger partial charge on any atom is 0.223 e. The molecule has 4 rings (SSSR count). The van der Waals surface area contributed by atoms with Crippen LogP contribution in [0, 0.1) is 0 Å². The van der Waals surface area contributed by atoms with Crippen LogP contribution in [0.3, 0.4) is 0 Å². The van der Waals surface area contributed by atoms with Gasteiger partial charge in [0.05, 0.1) is 19.1 Å². The smallest absolute Gasteiger partial charge is 0.223 e. The van der Waals surface area contributed by atoms with E-state index < -0.39 is 0 Å². The Hall–Kier alpha value is -3.67. The van der Waals surface area contributed by atoms with Crippen LogP contribution in [0.5, 0.6) is 5.75 Å². The zero-order chi connectivity index (χ0) is 18.5. The van der Waals surface area contributed by atoms with Gasteiger partial charge in [-0.3, -0.25) is 4.98 Å². The molecule has 0 bridgehead atoms. The molecule has 0 fully saturated rings. The number of hydrogen-bond acceptors (Lipinski definition) is 6. The largest absolute Gasteiger partial charge is 0.496 e. The molecule has 0 saturated heterocycles. The second-order valence-corrected chi connectivity index (χ2v) is 5.81. The summed E-state index contributed by atoms with van der Waals surface area (Å²) in [5, 5.41) is 3.25. The standard InChI is InChI=1S/C21H18N4O2/c1-26-18-9-3-2-7-15(18)13-23-21-24-14-16(17-8-4-5-11-22-17)20(25-21)19-10-6-12-27-19/h2-12,14H,13H2,1H3,(H,23,24,25). The van der Waals surface area contributed by atoms with Crippen LogP contribution in [0.15, 0.2) is 77.7 Å². The lowest BCUT2D eigenvalue weighted by Gasteiger charge is -2.11. The van der Waals surface area contributed by atoms with Crippen LogP contribution in [0.25, 0.3) is 22.7 Å². The quantitative estimate of drug-likeness (QED) is 0.550. The van der Waals surface area contributed by atoms with Gasteiger partial charge >= 0.3 is 0 Å². The summed E-state index contributed by atoms with van der Waals surface area (Å²) in [6.45, 7) is 0.546.